The number of rotatable bonds is 2. The SMILES string of the molecule is C=O.C=O.CNc1cc(OC)cc2cccnc12.Cc1ccc(C)cc1. The number of carbonyl (C=O) groups excluding carboxylic acids is 2. The average molecular weight is 354 g/mol. The van der Waals surface area contributed by atoms with Gasteiger partial charge in [0.05, 0.1) is 18.3 Å². The summed E-state index contributed by atoms with van der Waals surface area (Å²) in [7, 11) is 3.54. The third-order valence-corrected chi connectivity index (χ3v) is 3.40. The topological polar surface area (TPSA) is 68.3 Å². The summed E-state index contributed by atoms with van der Waals surface area (Å²) < 4.78 is 5.20. The largest absolute Gasteiger partial charge is 0.497 e. The van der Waals surface area contributed by atoms with Gasteiger partial charge in [-0.2, -0.15) is 0 Å². The van der Waals surface area contributed by atoms with Crippen molar-refractivity contribution in [3.63, 3.8) is 0 Å². The molecule has 0 amide bonds. The fourth-order valence-electron chi connectivity index (χ4n) is 2.11. The van der Waals surface area contributed by atoms with Crippen molar-refractivity contribution in [2.45, 2.75) is 13.8 Å². The first-order valence-corrected chi connectivity index (χ1v) is 7.85. The molecular formula is C21H26N2O3. The second kappa shape index (κ2) is 13.1. The molecule has 138 valence electrons. The number of nitrogens with zero attached hydrogens (tertiary/aromatic N) is 1. The van der Waals surface area contributed by atoms with Gasteiger partial charge in [-0.1, -0.05) is 41.5 Å². The molecule has 0 saturated carbocycles. The zero-order valence-corrected chi connectivity index (χ0v) is 15.8. The molecule has 0 saturated heterocycles. The molecule has 0 bridgehead atoms. The summed E-state index contributed by atoms with van der Waals surface area (Å²) in [4.78, 5) is 20.3. The van der Waals surface area contributed by atoms with Gasteiger partial charge in [0.15, 0.2) is 0 Å². The quantitative estimate of drug-likeness (QED) is 0.746. The van der Waals surface area contributed by atoms with Crippen LogP contribution < -0.4 is 10.1 Å². The van der Waals surface area contributed by atoms with Crippen molar-refractivity contribution in [1.82, 2.24) is 4.98 Å². The van der Waals surface area contributed by atoms with Crippen LogP contribution in [0, 0.1) is 13.8 Å². The highest BCUT2D eigenvalue weighted by atomic mass is 16.5. The van der Waals surface area contributed by atoms with Crippen molar-refractivity contribution in [1.29, 1.82) is 0 Å². The molecule has 1 N–H and O–H groups in total. The van der Waals surface area contributed by atoms with Crippen molar-refractivity contribution in [2.24, 2.45) is 0 Å². The van der Waals surface area contributed by atoms with Crippen LogP contribution in [0.25, 0.3) is 10.9 Å². The van der Waals surface area contributed by atoms with E-state index < -0.39 is 0 Å². The zero-order chi connectivity index (χ0) is 19.9. The van der Waals surface area contributed by atoms with E-state index in [-0.39, 0.29) is 0 Å². The van der Waals surface area contributed by atoms with E-state index in [4.69, 9.17) is 14.3 Å². The molecule has 1 heterocycles. The van der Waals surface area contributed by atoms with Gasteiger partial charge in [-0.15, -0.1) is 0 Å². The third kappa shape index (κ3) is 7.13. The summed E-state index contributed by atoms with van der Waals surface area (Å²) in [5.41, 5.74) is 4.61. The van der Waals surface area contributed by atoms with Crippen LogP contribution in [-0.2, 0) is 9.59 Å². The molecule has 0 aliphatic rings. The number of nitrogens with one attached hydrogen (secondary N) is 1. The maximum absolute atomic E-state index is 8.00. The highest BCUT2D eigenvalue weighted by molar-refractivity contribution is 5.91. The first kappa shape index (κ1) is 22.8. The lowest BCUT2D eigenvalue weighted by molar-refractivity contribution is -0.0987. The van der Waals surface area contributed by atoms with Crippen LogP contribution in [0.1, 0.15) is 11.1 Å². The molecule has 0 radical (unpaired) electrons. The molecule has 0 spiro atoms. The van der Waals surface area contributed by atoms with Crippen LogP contribution >= 0.6 is 0 Å². The molecule has 0 aliphatic heterocycles. The van der Waals surface area contributed by atoms with E-state index in [2.05, 4.69) is 48.4 Å². The van der Waals surface area contributed by atoms with E-state index in [1.54, 1.807) is 13.3 Å². The van der Waals surface area contributed by atoms with Crippen molar-refractivity contribution in [3.8, 4) is 5.75 Å². The number of carbonyl (C=O) groups is 2. The number of aryl methyl sites for hydroxylation is 2. The summed E-state index contributed by atoms with van der Waals surface area (Å²) in [5, 5.41) is 4.18. The first-order chi connectivity index (χ1) is 12.6. The Kier molecular flexibility index (Phi) is 11.5. The van der Waals surface area contributed by atoms with E-state index in [0.29, 0.717) is 0 Å². The summed E-state index contributed by atoms with van der Waals surface area (Å²) in [5.74, 6) is 0.842. The predicted octanol–water partition coefficient (Wildman–Crippen LogP) is 4.22. The second-order valence-electron chi connectivity index (χ2n) is 5.15. The van der Waals surface area contributed by atoms with Gasteiger partial charge in [0, 0.05) is 24.7 Å². The molecule has 5 heteroatoms. The smallest absolute Gasteiger partial charge is 0.121 e. The van der Waals surface area contributed by atoms with E-state index in [9.17, 15) is 0 Å². The number of hydrogen-bond donors (Lipinski definition) is 1. The summed E-state index contributed by atoms with van der Waals surface area (Å²) in [6.45, 7) is 8.19. The van der Waals surface area contributed by atoms with Crippen molar-refractivity contribution >= 4 is 30.2 Å². The lowest BCUT2D eigenvalue weighted by Crippen LogP contribution is -1.93. The fraction of sp³-hybridized carbons (Fsp3) is 0.190. The number of anilines is 1. The number of aromatic nitrogens is 1. The molecule has 0 atom stereocenters. The van der Waals surface area contributed by atoms with Crippen LogP contribution in [-0.4, -0.2) is 32.7 Å². The van der Waals surface area contributed by atoms with Crippen molar-refractivity contribution < 1.29 is 14.3 Å². The molecule has 2 aromatic carbocycles. The van der Waals surface area contributed by atoms with Gasteiger partial charge >= 0.3 is 0 Å². The van der Waals surface area contributed by atoms with E-state index in [1.165, 1.54) is 11.1 Å². The number of pyridine rings is 1. The van der Waals surface area contributed by atoms with Crippen molar-refractivity contribution in [3.05, 3.63) is 65.9 Å². The standard InChI is InChI=1S/C11H12N2O.C8H10.2CH2O/c1-12-10-7-9(14-2)6-8-4-3-5-13-11(8)10;1-7-3-5-8(2)6-4-7;2*1-2/h3-7,12H,1-2H3;3-6H,1-2H3;2*1H2. The fourth-order valence-corrected chi connectivity index (χ4v) is 2.11. The molecule has 0 fully saturated rings. The minimum absolute atomic E-state index is 0.842. The molecular weight excluding hydrogens is 328 g/mol. The average Bonchev–Trinajstić information content (AvgIpc) is 2.72. The van der Waals surface area contributed by atoms with Gasteiger partial charge in [0.25, 0.3) is 0 Å². The number of fused-ring (bicyclic) bond motifs is 1. The minimum atomic E-state index is 0.842. The van der Waals surface area contributed by atoms with Crippen molar-refractivity contribution in [2.75, 3.05) is 19.5 Å². The van der Waals surface area contributed by atoms with Crippen LogP contribution in [0.2, 0.25) is 0 Å². The second-order valence-corrected chi connectivity index (χ2v) is 5.15. The van der Waals surface area contributed by atoms with Gasteiger partial charge in [0.2, 0.25) is 0 Å². The Labute approximate surface area is 155 Å². The monoisotopic (exact) mass is 354 g/mol. The van der Waals surface area contributed by atoms with E-state index in [1.807, 2.05) is 44.9 Å². The zero-order valence-electron chi connectivity index (χ0n) is 15.8. The summed E-state index contributed by atoms with van der Waals surface area (Å²) >= 11 is 0. The lowest BCUT2D eigenvalue weighted by atomic mass is 10.2. The maximum Gasteiger partial charge on any atom is 0.121 e. The van der Waals surface area contributed by atoms with Crippen LogP contribution in [0.5, 0.6) is 5.75 Å². The Bertz CT molecular complexity index is 751. The highest BCUT2D eigenvalue weighted by Crippen LogP contribution is 2.26. The Morgan fingerprint density at radius 3 is 1.92 bits per heavy atom. The Balaban J connectivity index is 0.000000444. The molecule has 1 aromatic heterocycles. The van der Waals surface area contributed by atoms with Gasteiger partial charge in [-0.3, -0.25) is 4.98 Å². The van der Waals surface area contributed by atoms with Gasteiger partial charge in [-0.05, 0) is 26.0 Å². The van der Waals surface area contributed by atoms with Gasteiger partial charge < -0.3 is 19.6 Å². The Hall–Kier alpha value is -3.21. The Morgan fingerprint density at radius 1 is 0.923 bits per heavy atom. The number of benzene rings is 2. The maximum atomic E-state index is 8.00. The van der Waals surface area contributed by atoms with Gasteiger partial charge in [-0.25, -0.2) is 0 Å². The first-order valence-electron chi connectivity index (χ1n) is 7.85. The molecule has 3 rings (SSSR count). The molecule has 26 heavy (non-hydrogen) atoms. The summed E-state index contributed by atoms with van der Waals surface area (Å²) in [6.07, 6.45) is 1.79. The predicted molar refractivity (Wildman–Crippen MR) is 108 cm³/mol. The molecule has 5 nitrogen and oxygen atoms in total. The lowest BCUT2D eigenvalue weighted by Gasteiger charge is -2.07. The third-order valence-electron chi connectivity index (χ3n) is 3.40. The van der Waals surface area contributed by atoms with Gasteiger partial charge in [0.1, 0.15) is 19.3 Å². The van der Waals surface area contributed by atoms with E-state index >= 15 is 0 Å². The Morgan fingerprint density at radius 2 is 1.46 bits per heavy atom. The minimum Gasteiger partial charge on any atom is -0.497 e. The normalized spacial score (nSPS) is 8.62. The molecule has 0 unspecified atom stereocenters. The molecule has 0 aliphatic carbocycles. The highest BCUT2D eigenvalue weighted by Gasteiger charge is 2.03. The number of ether oxygens (including phenoxy) is 1. The number of methoxy groups -OCH3 is 1. The van der Waals surface area contributed by atoms with Crippen LogP contribution in [0.4, 0.5) is 5.69 Å². The number of hydrogen-bond acceptors (Lipinski definition) is 5. The van der Waals surface area contributed by atoms with Crippen LogP contribution in [0.3, 0.4) is 0 Å². The van der Waals surface area contributed by atoms with Crippen LogP contribution in [0.15, 0.2) is 54.7 Å². The molecule has 3 aromatic rings. The summed E-state index contributed by atoms with van der Waals surface area (Å²) in [6, 6.07) is 16.3. The van der Waals surface area contributed by atoms with E-state index in [0.717, 1.165) is 22.3 Å².